The summed E-state index contributed by atoms with van der Waals surface area (Å²) in [5, 5.41) is 2.81. The number of benzene rings is 1. The zero-order chi connectivity index (χ0) is 15.3. The van der Waals surface area contributed by atoms with Gasteiger partial charge in [-0.15, -0.1) is 0 Å². The molecule has 1 rings (SSSR count). The van der Waals surface area contributed by atoms with Gasteiger partial charge >= 0.3 is 0 Å². The highest BCUT2D eigenvalue weighted by molar-refractivity contribution is 7.88. The monoisotopic (exact) mass is 298 g/mol. The molecule has 0 fully saturated rings. The molecule has 0 aromatic heterocycles. The van der Waals surface area contributed by atoms with Gasteiger partial charge < -0.3 is 5.32 Å². The molecular formula is C14H22N2O3S. The second kappa shape index (κ2) is 6.85. The molecule has 1 amide bonds. The Morgan fingerprint density at radius 2 is 1.75 bits per heavy atom. The maximum absolute atomic E-state index is 12.0. The lowest BCUT2D eigenvalue weighted by Crippen LogP contribution is -2.44. The van der Waals surface area contributed by atoms with Crippen molar-refractivity contribution in [3.05, 3.63) is 35.9 Å². The number of carbonyl (C=O) groups is 1. The van der Waals surface area contributed by atoms with E-state index in [4.69, 9.17) is 0 Å². The fraction of sp³-hybridized carbons (Fsp3) is 0.500. The van der Waals surface area contributed by atoms with Crippen LogP contribution in [0, 0.1) is 0 Å². The van der Waals surface area contributed by atoms with Crippen LogP contribution in [0.4, 0.5) is 0 Å². The Morgan fingerprint density at radius 3 is 2.20 bits per heavy atom. The minimum absolute atomic E-state index is 0.155. The lowest BCUT2D eigenvalue weighted by atomic mass is 10.1. The first-order chi connectivity index (χ1) is 9.21. The van der Waals surface area contributed by atoms with Crippen LogP contribution in [-0.2, 0) is 14.8 Å². The Kier molecular flexibility index (Phi) is 5.71. The fourth-order valence-corrected chi connectivity index (χ4v) is 3.05. The Morgan fingerprint density at radius 1 is 1.20 bits per heavy atom. The SMILES string of the molecule is CC(NC(=O)CN(C(C)C)S(C)(=O)=O)c1ccccc1. The molecule has 0 aliphatic carbocycles. The Bertz CT molecular complexity index is 541. The van der Waals surface area contributed by atoms with Crippen LogP contribution >= 0.6 is 0 Å². The summed E-state index contributed by atoms with van der Waals surface area (Å²) >= 11 is 0. The largest absolute Gasteiger partial charge is 0.348 e. The average molecular weight is 298 g/mol. The van der Waals surface area contributed by atoms with Gasteiger partial charge in [-0.1, -0.05) is 30.3 Å². The first-order valence-electron chi connectivity index (χ1n) is 6.53. The van der Waals surface area contributed by atoms with E-state index in [1.165, 1.54) is 4.31 Å². The molecule has 1 atom stereocenters. The van der Waals surface area contributed by atoms with Gasteiger partial charge in [-0.25, -0.2) is 8.42 Å². The van der Waals surface area contributed by atoms with Gasteiger partial charge in [0.1, 0.15) is 0 Å². The number of nitrogens with zero attached hydrogens (tertiary/aromatic N) is 1. The third-order valence-corrected chi connectivity index (χ3v) is 4.38. The van der Waals surface area contributed by atoms with E-state index >= 15 is 0 Å². The van der Waals surface area contributed by atoms with E-state index < -0.39 is 10.0 Å². The highest BCUT2D eigenvalue weighted by Gasteiger charge is 2.23. The third-order valence-electron chi connectivity index (χ3n) is 2.98. The second-order valence-electron chi connectivity index (χ2n) is 5.10. The molecule has 1 N–H and O–H groups in total. The molecule has 112 valence electrons. The maximum Gasteiger partial charge on any atom is 0.235 e. The van der Waals surface area contributed by atoms with Gasteiger partial charge in [-0.2, -0.15) is 4.31 Å². The van der Waals surface area contributed by atoms with Gasteiger partial charge in [0.25, 0.3) is 0 Å². The lowest BCUT2D eigenvalue weighted by Gasteiger charge is -2.24. The zero-order valence-electron chi connectivity index (χ0n) is 12.3. The van der Waals surface area contributed by atoms with E-state index in [-0.39, 0.29) is 24.5 Å². The molecule has 1 aromatic rings. The standard InChI is InChI=1S/C14H22N2O3S/c1-11(2)16(20(4,18)19)10-14(17)15-12(3)13-8-6-5-7-9-13/h5-9,11-12H,10H2,1-4H3,(H,15,17). The minimum atomic E-state index is -3.39. The minimum Gasteiger partial charge on any atom is -0.348 e. The van der Waals surface area contributed by atoms with Crippen molar-refractivity contribution in [3.8, 4) is 0 Å². The summed E-state index contributed by atoms with van der Waals surface area (Å²) in [4.78, 5) is 12.0. The molecule has 0 spiro atoms. The van der Waals surface area contributed by atoms with Gasteiger partial charge in [-0.3, -0.25) is 4.79 Å². The number of sulfonamides is 1. The van der Waals surface area contributed by atoms with Crippen LogP contribution in [0.25, 0.3) is 0 Å². The topological polar surface area (TPSA) is 66.5 Å². The number of rotatable bonds is 6. The van der Waals surface area contributed by atoms with Crippen molar-refractivity contribution in [2.45, 2.75) is 32.9 Å². The molecule has 0 saturated heterocycles. The van der Waals surface area contributed by atoms with Gasteiger partial charge in [0.15, 0.2) is 0 Å². The smallest absolute Gasteiger partial charge is 0.235 e. The molecule has 20 heavy (non-hydrogen) atoms. The van der Waals surface area contributed by atoms with Crippen LogP contribution in [-0.4, -0.2) is 37.5 Å². The van der Waals surface area contributed by atoms with Crippen molar-refractivity contribution in [1.29, 1.82) is 0 Å². The Balaban J connectivity index is 2.68. The van der Waals surface area contributed by atoms with Crippen LogP contribution in [0.15, 0.2) is 30.3 Å². The normalized spacial score (nSPS) is 13.5. The van der Waals surface area contributed by atoms with Gasteiger partial charge in [-0.05, 0) is 26.3 Å². The molecule has 0 heterocycles. The predicted octanol–water partition coefficient (Wildman–Crippen LogP) is 1.53. The molecule has 0 bridgehead atoms. The fourth-order valence-electron chi connectivity index (χ4n) is 1.94. The first kappa shape index (κ1) is 16.7. The Labute approximate surface area is 121 Å². The molecule has 0 aliphatic rings. The van der Waals surface area contributed by atoms with Crippen LogP contribution in [0.2, 0.25) is 0 Å². The highest BCUT2D eigenvalue weighted by atomic mass is 32.2. The van der Waals surface area contributed by atoms with Crippen molar-refractivity contribution >= 4 is 15.9 Å². The number of carbonyl (C=O) groups excluding carboxylic acids is 1. The summed E-state index contributed by atoms with van der Waals surface area (Å²) in [6.07, 6.45) is 1.11. The van der Waals surface area contributed by atoms with Crippen LogP contribution < -0.4 is 5.32 Å². The van der Waals surface area contributed by atoms with Crippen molar-refractivity contribution in [3.63, 3.8) is 0 Å². The van der Waals surface area contributed by atoms with E-state index in [9.17, 15) is 13.2 Å². The van der Waals surface area contributed by atoms with Gasteiger partial charge in [0, 0.05) is 6.04 Å². The lowest BCUT2D eigenvalue weighted by molar-refractivity contribution is -0.122. The molecule has 1 aromatic carbocycles. The molecule has 1 unspecified atom stereocenters. The van der Waals surface area contributed by atoms with Crippen molar-refractivity contribution in [1.82, 2.24) is 9.62 Å². The third kappa shape index (κ3) is 4.94. The number of hydrogen-bond donors (Lipinski definition) is 1. The summed E-state index contributed by atoms with van der Waals surface area (Å²) in [7, 11) is -3.39. The van der Waals surface area contributed by atoms with Gasteiger partial charge in [0.2, 0.25) is 15.9 Å². The number of nitrogens with one attached hydrogen (secondary N) is 1. The number of amides is 1. The summed E-state index contributed by atoms with van der Waals surface area (Å²) in [5.41, 5.74) is 0.983. The predicted molar refractivity (Wildman–Crippen MR) is 79.7 cm³/mol. The number of hydrogen-bond acceptors (Lipinski definition) is 3. The summed E-state index contributed by atoms with van der Waals surface area (Å²) < 4.78 is 24.4. The van der Waals surface area contributed by atoms with Gasteiger partial charge in [0.05, 0.1) is 18.8 Å². The quantitative estimate of drug-likeness (QED) is 0.866. The molecule has 6 heteroatoms. The summed E-state index contributed by atoms with van der Waals surface area (Å²) in [5.74, 6) is -0.305. The van der Waals surface area contributed by atoms with E-state index in [0.717, 1.165) is 11.8 Å². The van der Waals surface area contributed by atoms with Crippen LogP contribution in [0.3, 0.4) is 0 Å². The molecule has 0 radical (unpaired) electrons. The molecular weight excluding hydrogens is 276 g/mol. The molecule has 0 aliphatic heterocycles. The van der Waals surface area contributed by atoms with E-state index in [0.29, 0.717) is 0 Å². The highest BCUT2D eigenvalue weighted by Crippen LogP contribution is 2.11. The molecule has 5 nitrogen and oxygen atoms in total. The maximum atomic E-state index is 12.0. The summed E-state index contributed by atoms with van der Waals surface area (Å²) in [6.45, 7) is 5.20. The summed E-state index contributed by atoms with van der Waals surface area (Å²) in [6, 6.07) is 9.13. The second-order valence-corrected chi connectivity index (χ2v) is 7.04. The van der Waals surface area contributed by atoms with E-state index in [2.05, 4.69) is 5.32 Å². The average Bonchev–Trinajstić information content (AvgIpc) is 2.35. The van der Waals surface area contributed by atoms with E-state index in [1.54, 1.807) is 13.8 Å². The van der Waals surface area contributed by atoms with Crippen molar-refractivity contribution in [2.24, 2.45) is 0 Å². The van der Waals surface area contributed by atoms with Crippen LogP contribution in [0.1, 0.15) is 32.4 Å². The van der Waals surface area contributed by atoms with Crippen molar-refractivity contribution in [2.75, 3.05) is 12.8 Å². The molecule has 0 saturated carbocycles. The van der Waals surface area contributed by atoms with Crippen LogP contribution in [0.5, 0.6) is 0 Å². The van der Waals surface area contributed by atoms with E-state index in [1.807, 2.05) is 37.3 Å². The first-order valence-corrected chi connectivity index (χ1v) is 8.37. The van der Waals surface area contributed by atoms with Crippen molar-refractivity contribution < 1.29 is 13.2 Å². The Hall–Kier alpha value is -1.40. The zero-order valence-corrected chi connectivity index (χ0v) is 13.1.